The van der Waals surface area contributed by atoms with Gasteiger partial charge in [-0.25, -0.2) is 4.79 Å². The smallest absolute Gasteiger partial charge is 0.327 e. The number of hydrogen-bond donors (Lipinski definition) is 0. The molecular formula is C11H18N2O3. The molecule has 0 aromatic heterocycles. The highest BCUT2D eigenvalue weighted by Crippen LogP contribution is 2.28. The number of hydrogen-bond acceptors (Lipinski definition) is 3. The number of imide groups is 1. The lowest BCUT2D eigenvalue weighted by molar-refractivity contribution is -0.137. The molecule has 3 amide bonds. The van der Waals surface area contributed by atoms with E-state index in [2.05, 4.69) is 0 Å². The fourth-order valence-electron chi connectivity index (χ4n) is 2.47. The van der Waals surface area contributed by atoms with E-state index in [0.29, 0.717) is 26.3 Å². The summed E-state index contributed by atoms with van der Waals surface area (Å²) in [5.74, 6) is -0.216. The van der Waals surface area contributed by atoms with Crippen molar-refractivity contribution in [2.75, 3.05) is 26.3 Å². The van der Waals surface area contributed by atoms with Crippen molar-refractivity contribution >= 4 is 11.9 Å². The van der Waals surface area contributed by atoms with Crippen LogP contribution >= 0.6 is 0 Å². The topological polar surface area (TPSA) is 49.9 Å². The molecule has 16 heavy (non-hydrogen) atoms. The van der Waals surface area contributed by atoms with Gasteiger partial charge in [0.2, 0.25) is 5.91 Å². The first-order valence-electron chi connectivity index (χ1n) is 5.90. The van der Waals surface area contributed by atoms with Crippen LogP contribution in [0.2, 0.25) is 0 Å². The molecule has 0 aromatic rings. The Kier molecular flexibility index (Phi) is 3.14. The van der Waals surface area contributed by atoms with Crippen LogP contribution in [0.15, 0.2) is 0 Å². The third kappa shape index (κ3) is 1.59. The largest absolute Gasteiger partial charge is 0.378 e. The maximum Gasteiger partial charge on any atom is 0.327 e. The number of ether oxygens (including phenoxy) is 1. The molecule has 0 saturated carbocycles. The minimum Gasteiger partial charge on any atom is -0.378 e. The molecule has 90 valence electrons. The van der Waals surface area contributed by atoms with Crippen LogP contribution in [0.4, 0.5) is 4.79 Å². The van der Waals surface area contributed by atoms with E-state index in [1.165, 1.54) is 4.90 Å². The maximum atomic E-state index is 12.1. The predicted molar refractivity (Wildman–Crippen MR) is 57.9 cm³/mol. The lowest BCUT2D eigenvalue weighted by Crippen LogP contribution is -2.61. The number of nitrogens with zero attached hydrogens (tertiary/aromatic N) is 2. The first-order chi connectivity index (χ1) is 7.70. The number of fused-ring (bicyclic) bond motifs is 1. The van der Waals surface area contributed by atoms with E-state index >= 15 is 0 Å². The van der Waals surface area contributed by atoms with Crippen LogP contribution in [0.25, 0.3) is 0 Å². The van der Waals surface area contributed by atoms with Crippen molar-refractivity contribution in [3.63, 3.8) is 0 Å². The van der Waals surface area contributed by atoms with Crippen molar-refractivity contribution in [3.8, 4) is 0 Å². The van der Waals surface area contributed by atoms with Crippen LogP contribution in [0.3, 0.4) is 0 Å². The summed E-state index contributed by atoms with van der Waals surface area (Å²) in [7, 11) is 0. The van der Waals surface area contributed by atoms with Gasteiger partial charge in [-0.2, -0.15) is 0 Å². The van der Waals surface area contributed by atoms with E-state index < -0.39 is 0 Å². The van der Waals surface area contributed by atoms with Crippen molar-refractivity contribution in [2.45, 2.75) is 26.3 Å². The predicted octanol–water partition coefficient (Wildman–Crippen LogP) is 0.696. The minimum atomic E-state index is -0.152. The van der Waals surface area contributed by atoms with Gasteiger partial charge in [0.05, 0.1) is 25.2 Å². The van der Waals surface area contributed by atoms with Gasteiger partial charge in [0.15, 0.2) is 0 Å². The molecule has 2 aliphatic heterocycles. The van der Waals surface area contributed by atoms with Crippen molar-refractivity contribution in [1.29, 1.82) is 0 Å². The summed E-state index contributed by atoms with van der Waals surface area (Å²) in [6, 6.07) is -0.191. The average molecular weight is 226 g/mol. The maximum absolute atomic E-state index is 12.1. The van der Waals surface area contributed by atoms with E-state index in [0.717, 1.165) is 6.42 Å². The summed E-state index contributed by atoms with van der Waals surface area (Å²) >= 11 is 0. The van der Waals surface area contributed by atoms with Crippen LogP contribution in [0, 0.1) is 5.92 Å². The SMILES string of the molecule is CCCN1C(=O)N(CC)C(=O)C2COCC21. The van der Waals surface area contributed by atoms with Gasteiger partial charge in [0.25, 0.3) is 0 Å². The molecule has 0 radical (unpaired) electrons. The number of carbonyl (C=O) groups excluding carboxylic acids is 2. The molecule has 2 saturated heterocycles. The van der Waals surface area contributed by atoms with E-state index in [9.17, 15) is 9.59 Å². The fraction of sp³-hybridized carbons (Fsp3) is 0.818. The lowest BCUT2D eigenvalue weighted by Gasteiger charge is -2.40. The first-order valence-corrected chi connectivity index (χ1v) is 5.90. The molecule has 0 bridgehead atoms. The first kappa shape index (κ1) is 11.4. The van der Waals surface area contributed by atoms with Crippen LogP contribution in [-0.4, -0.2) is 54.1 Å². The van der Waals surface area contributed by atoms with Gasteiger partial charge in [-0.15, -0.1) is 0 Å². The second-order valence-electron chi connectivity index (χ2n) is 4.27. The average Bonchev–Trinajstić information content (AvgIpc) is 2.74. The summed E-state index contributed by atoms with van der Waals surface area (Å²) in [6.45, 7) is 5.96. The second kappa shape index (κ2) is 4.41. The zero-order valence-electron chi connectivity index (χ0n) is 9.81. The van der Waals surface area contributed by atoms with E-state index in [-0.39, 0.29) is 23.9 Å². The van der Waals surface area contributed by atoms with Crippen LogP contribution in [-0.2, 0) is 9.53 Å². The summed E-state index contributed by atoms with van der Waals surface area (Å²) in [5.41, 5.74) is 0. The molecule has 0 N–H and O–H groups in total. The molecule has 2 rings (SSSR count). The van der Waals surface area contributed by atoms with Gasteiger partial charge in [0.1, 0.15) is 0 Å². The Morgan fingerprint density at radius 1 is 1.31 bits per heavy atom. The normalized spacial score (nSPS) is 29.9. The van der Waals surface area contributed by atoms with Gasteiger partial charge in [-0.05, 0) is 13.3 Å². The highest BCUT2D eigenvalue weighted by atomic mass is 16.5. The highest BCUT2D eigenvalue weighted by Gasteiger charge is 2.48. The quantitative estimate of drug-likeness (QED) is 0.711. The van der Waals surface area contributed by atoms with Crippen molar-refractivity contribution in [1.82, 2.24) is 9.80 Å². The number of carbonyl (C=O) groups is 2. The molecule has 0 aliphatic carbocycles. The van der Waals surface area contributed by atoms with Crippen molar-refractivity contribution in [2.24, 2.45) is 5.92 Å². The molecular weight excluding hydrogens is 208 g/mol. The summed E-state index contributed by atoms with van der Waals surface area (Å²) in [6.07, 6.45) is 0.903. The van der Waals surface area contributed by atoms with Crippen molar-refractivity contribution in [3.05, 3.63) is 0 Å². The van der Waals surface area contributed by atoms with Crippen molar-refractivity contribution < 1.29 is 14.3 Å². The Morgan fingerprint density at radius 2 is 2.06 bits per heavy atom. The summed E-state index contributed by atoms with van der Waals surface area (Å²) < 4.78 is 5.34. The molecule has 0 spiro atoms. The Labute approximate surface area is 95.3 Å². The Morgan fingerprint density at radius 3 is 2.69 bits per heavy atom. The van der Waals surface area contributed by atoms with Crippen LogP contribution in [0.1, 0.15) is 20.3 Å². The van der Waals surface area contributed by atoms with Crippen LogP contribution < -0.4 is 0 Å². The highest BCUT2D eigenvalue weighted by molar-refractivity contribution is 5.98. The van der Waals surface area contributed by atoms with Gasteiger partial charge < -0.3 is 9.64 Å². The second-order valence-corrected chi connectivity index (χ2v) is 4.27. The molecule has 2 aliphatic rings. The van der Waals surface area contributed by atoms with E-state index in [1.54, 1.807) is 4.90 Å². The molecule has 5 nitrogen and oxygen atoms in total. The summed E-state index contributed by atoms with van der Waals surface area (Å²) in [5, 5.41) is 0. The van der Waals surface area contributed by atoms with Crippen LogP contribution in [0.5, 0.6) is 0 Å². The number of rotatable bonds is 3. The lowest BCUT2D eigenvalue weighted by atomic mass is 9.97. The Hall–Kier alpha value is -1.10. The molecule has 2 unspecified atom stereocenters. The monoisotopic (exact) mass is 226 g/mol. The number of amides is 3. The third-order valence-corrected chi connectivity index (χ3v) is 3.29. The fourth-order valence-corrected chi connectivity index (χ4v) is 2.47. The molecule has 5 heteroatoms. The third-order valence-electron chi connectivity index (χ3n) is 3.29. The Bertz CT molecular complexity index is 306. The molecule has 2 heterocycles. The molecule has 2 fully saturated rings. The molecule has 2 atom stereocenters. The van der Waals surface area contributed by atoms with E-state index in [1.807, 2.05) is 13.8 Å². The van der Waals surface area contributed by atoms with Gasteiger partial charge in [-0.3, -0.25) is 9.69 Å². The number of urea groups is 1. The standard InChI is InChI=1S/C11H18N2O3/c1-3-5-13-9-7-16-6-8(9)10(14)12(4-2)11(13)15/h8-9H,3-7H2,1-2H3. The van der Waals surface area contributed by atoms with Gasteiger partial charge in [-0.1, -0.05) is 6.92 Å². The van der Waals surface area contributed by atoms with Gasteiger partial charge in [0, 0.05) is 13.1 Å². The summed E-state index contributed by atoms with van der Waals surface area (Å²) in [4.78, 5) is 27.2. The zero-order chi connectivity index (χ0) is 11.7. The Balaban J connectivity index is 2.24. The van der Waals surface area contributed by atoms with E-state index in [4.69, 9.17) is 4.74 Å². The van der Waals surface area contributed by atoms with Gasteiger partial charge >= 0.3 is 6.03 Å². The zero-order valence-corrected chi connectivity index (χ0v) is 9.81. The minimum absolute atomic E-state index is 0.0391. The molecule has 0 aromatic carbocycles.